The number of hydrogen-bond acceptors (Lipinski definition) is 3. The summed E-state index contributed by atoms with van der Waals surface area (Å²) in [5.41, 5.74) is 0.555. The molecule has 0 amide bonds. The van der Waals surface area contributed by atoms with Gasteiger partial charge in [0, 0.05) is 10.3 Å². The van der Waals surface area contributed by atoms with Crippen molar-refractivity contribution in [2.45, 2.75) is 17.8 Å². The molecule has 2 unspecified atom stereocenters. The second-order valence-electron chi connectivity index (χ2n) is 3.45. The zero-order valence-corrected chi connectivity index (χ0v) is 8.87. The molecule has 6 heteroatoms. The van der Waals surface area contributed by atoms with E-state index >= 15 is 0 Å². The molecule has 0 aromatic heterocycles. The van der Waals surface area contributed by atoms with Crippen molar-refractivity contribution < 1.29 is 23.2 Å². The van der Waals surface area contributed by atoms with E-state index in [1.165, 1.54) is 12.1 Å². The minimum absolute atomic E-state index is 0.0993. The second kappa shape index (κ2) is 4.13. The lowest BCUT2D eigenvalue weighted by Crippen LogP contribution is -2.32. The lowest BCUT2D eigenvalue weighted by molar-refractivity contribution is -0.145. The van der Waals surface area contributed by atoms with Gasteiger partial charge in [-0.2, -0.15) is 0 Å². The van der Waals surface area contributed by atoms with E-state index in [0.29, 0.717) is 17.2 Å². The van der Waals surface area contributed by atoms with Crippen LogP contribution >= 0.6 is 0 Å². The molecule has 2 atom stereocenters. The molecule has 2 rings (SSSR count). The molecule has 0 saturated heterocycles. The molecule has 0 saturated carbocycles. The van der Waals surface area contributed by atoms with Crippen LogP contribution in [-0.4, -0.2) is 17.2 Å². The van der Waals surface area contributed by atoms with Gasteiger partial charge in [0.1, 0.15) is 11.6 Å². The van der Waals surface area contributed by atoms with E-state index in [1.807, 2.05) is 0 Å². The highest BCUT2D eigenvalue weighted by Gasteiger charge is 2.40. The summed E-state index contributed by atoms with van der Waals surface area (Å²) >= 11 is 0.300. The fourth-order valence-electron chi connectivity index (χ4n) is 1.64. The van der Waals surface area contributed by atoms with Crippen molar-refractivity contribution in [2.75, 3.05) is 0 Å². The lowest BCUT2D eigenvalue weighted by Gasteiger charge is -2.22. The van der Waals surface area contributed by atoms with Crippen molar-refractivity contribution >= 4 is 17.6 Å². The van der Waals surface area contributed by atoms with Gasteiger partial charge in [-0.1, -0.05) is 0 Å². The topological polar surface area (TPSA) is 63.6 Å². The minimum Gasteiger partial charge on any atom is -0.479 e. The van der Waals surface area contributed by atoms with Gasteiger partial charge in [0.25, 0.3) is 5.25 Å². The number of carboxylic acids is 1. The third kappa shape index (κ3) is 1.88. The Morgan fingerprint density at radius 2 is 2.31 bits per heavy atom. The van der Waals surface area contributed by atoms with Crippen molar-refractivity contribution in [1.82, 2.24) is 0 Å². The molecule has 0 fully saturated rings. The van der Waals surface area contributed by atoms with Gasteiger partial charge in [0.2, 0.25) is 6.10 Å². The van der Waals surface area contributed by atoms with Crippen LogP contribution in [0.1, 0.15) is 17.2 Å². The predicted molar refractivity (Wildman–Crippen MR) is 53.9 cm³/mol. The number of carbonyl (C=O) groups is 1. The van der Waals surface area contributed by atoms with Crippen molar-refractivity contribution in [2.24, 2.45) is 0 Å². The molecule has 0 aliphatic carbocycles. The first-order valence-electron chi connectivity index (χ1n) is 4.59. The summed E-state index contributed by atoms with van der Waals surface area (Å²) < 4.78 is 28.9. The first-order valence-corrected chi connectivity index (χ1v) is 5.40. The SMILES string of the molecule is O=[S+]C1CC(C(=O)O)Oc2cc(F)ccc21. The van der Waals surface area contributed by atoms with Gasteiger partial charge in [-0.3, -0.25) is 0 Å². The third-order valence-electron chi connectivity index (χ3n) is 2.41. The number of aliphatic carboxylic acids is 1. The van der Waals surface area contributed by atoms with Gasteiger partial charge in [0.15, 0.2) is 0 Å². The van der Waals surface area contributed by atoms with E-state index < -0.39 is 23.1 Å². The Bertz CT molecular complexity index is 448. The van der Waals surface area contributed by atoms with E-state index in [0.717, 1.165) is 6.07 Å². The van der Waals surface area contributed by atoms with E-state index in [4.69, 9.17) is 9.84 Å². The molecule has 1 aromatic rings. The van der Waals surface area contributed by atoms with Crippen LogP contribution in [0.25, 0.3) is 0 Å². The standard InChI is InChI=1S/C10H7FO4S/c11-5-1-2-6-7(3-5)15-8(10(12)13)4-9(6)16-14/h1-3,8-9H,4H2/p+1. The number of halogens is 1. The van der Waals surface area contributed by atoms with Crippen LogP contribution in [-0.2, 0) is 20.7 Å². The van der Waals surface area contributed by atoms with Crippen molar-refractivity contribution in [1.29, 1.82) is 0 Å². The zero-order valence-electron chi connectivity index (χ0n) is 8.05. The normalized spacial score (nSPS) is 23.1. The summed E-state index contributed by atoms with van der Waals surface area (Å²) in [7, 11) is 0. The average molecular weight is 243 g/mol. The fourth-order valence-corrected chi connectivity index (χ4v) is 2.19. The molecule has 0 radical (unpaired) electrons. The Balaban J connectivity index is 2.42. The van der Waals surface area contributed by atoms with Crippen LogP contribution in [0.2, 0.25) is 0 Å². The molecule has 16 heavy (non-hydrogen) atoms. The third-order valence-corrected chi connectivity index (χ3v) is 3.09. The number of benzene rings is 1. The molecule has 1 N–H and O–H groups in total. The van der Waals surface area contributed by atoms with E-state index in [2.05, 4.69) is 0 Å². The largest absolute Gasteiger partial charge is 0.479 e. The first kappa shape index (κ1) is 10.9. The highest BCUT2D eigenvalue weighted by Crippen LogP contribution is 2.36. The van der Waals surface area contributed by atoms with Gasteiger partial charge in [-0.25, -0.2) is 9.18 Å². The van der Waals surface area contributed by atoms with Crippen LogP contribution in [0.3, 0.4) is 0 Å². The Morgan fingerprint density at radius 3 is 2.94 bits per heavy atom. The molecule has 0 bridgehead atoms. The molecule has 1 aromatic carbocycles. The molecule has 4 nitrogen and oxygen atoms in total. The van der Waals surface area contributed by atoms with Gasteiger partial charge in [-0.15, -0.1) is 0 Å². The monoisotopic (exact) mass is 243 g/mol. The summed E-state index contributed by atoms with van der Waals surface area (Å²) in [6, 6.07) is 3.79. The van der Waals surface area contributed by atoms with E-state index in [-0.39, 0.29) is 12.2 Å². The maximum atomic E-state index is 12.9. The minimum atomic E-state index is -1.14. The van der Waals surface area contributed by atoms with Crippen LogP contribution in [0.5, 0.6) is 5.75 Å². The maximum Gasteiger partial charge on any atom is 0.467 e. The molecule has 84 valence electrons. The molecule has 1 aliphatic rings. The van der Waals surface area contributed by atoms with Crippen molar-refractivity contribution in [3.05, 3.63) is 29.6 Å². The van der Waals surface area contributed by atoms with Crippen LogP contribution in [0.4, 0.5) is 4.39 Å². The smallest absolute Gasteiger partial charge is 0.467 e. The Morgan fingerprint density at radius 1 is 1.56 bits per heavy atom. The summed E-state index contributed by atoms with van der Waals surface area (Å²) in [5, 5.41) is 8.31. The van der Waals surface area contributed by atoms with Crippen molar-refractivity contribution in [3.63, 3.8) is 0 Å². The second-order valence-corrected chi connectivity index (χ2v) is 4.21. The molecule has 1 aliphatic heterocycles. The zero-order chi connectivity index (χ0) is 11.7. The quantitative estimate of drug-likeness (QED) is 0.800. The fraction of sp³-hybridized carbons (Fsp3) is 0.300. The summed E-state index contributed by atoms with van der Waals surface area (Å²) in [6.07, 6.45) is -0.983. The van der Waals surface area contributed by atoms with Gasteiger partial charge < -0.3 is 9.84 Å². The van der Waals surface area contributed by atoms with Crippen molar-refractivity contribution in [3.8, 4) is 5.75 Å². The van der Waals surface area contributed by atoms with Crippen LogP contribution in [0, 0.1) is 5.82 Å². The Hall–Kier alpha value is -1.56. The highest BCUT2D eigenvalue weighted by molar-refractivity contribution is 7.65. The van der Waals surface area contributed by atoms with Gasteiger partial charge in [-0.05, 0) is 12.1 Å². The van der Waals surface area contributed by atoms with E-state index in [9.17, 15) is 13.4 Å². The maximum absolute atomic E-state index is 12.9. The molecular formula is C10H8FO4S+. The molecule has 0 spiro atoms. The average Bonchev–Trinajstić information content (AvgIpc) is 2.26. The van der Waals surface area contributed by atoms with Crippen LogP contribution < -0.4 is 4.74 Å². The molecule has 1 heterocycles. The Labute approximate surface area is 94.5 Å². The summed E-state index contributed by atoms with van der Waals surface area (Å²) in [6.45, 7) is 0. The summed E-state index contributed by atoms with van der Waals surface area (Å²) in [4.78, 5) is 10.8. The number of rotatable bonds is 2. The summed E-state index contributed by atoms with van der Waals surface area (Å²) in [5.74, 6) is -1.51. The number of ether oxygens (including phenoxy) is 1. The lowest BCUT2D eigenvalue weighted by atomic mass is 10.0. The predicted octanol–water partition coefficient (Wildman–Crippen LogP) is 1.53. The van der Waals surface area contributed by atoms with Crippen LogP contribution in [0.15, 0.2) is 18.2 Å². The highest BCUT2D eigenvalue weighted by atomic mass is 32.1. The number of hydrogen-bond donors (Lipinski definition) is 1. The Kier molecular flexibility index (Phi) is 2.82. The number of carboxylic acid groups (broad SMARTS) is 1. The van der Waals surface area contributed by atoms with Gasteiger partial charge in [0.05, 0.1) is 12.0 Å². The van der Waals surface area contributed by atoms with E-state index in [1.54, 1.807) is 0 Å². The molecular weight excluding hydrogens is 235 g/mol. The first-order chi connectivity index (χ1) is 7.61. The number of fused-ring (bicyclic) bond motifs is 1. The van der Waals surface area contributed by atoms with Gasteiger partial charge >= 0.3 is 17.6 Å².